The second kappa shape index (κ2) is 3.55. The highest BCUT2D eigenvalue weighted by atomic mass is 15.2. The highest BCUT2D eigenvalue weighted by Gasteiger charge is 2.30. The molecule has 66 valence electrons. The minimum atomic E-state index is 0.410. The van der Waals surface area contributed by atoms with Gasteiger partial charge >= 0.3 is 0 Å². The smallest absolute Gasteiger partial charge is 0.0302 e. The first-order chi connectivity index (χ1) is 5.19. The summed E-state index contributed by atoms with van der Waals surface area (Å²) in [5.41, 5.74) is 0.410. The van der Waals surface area contributed by atoms with E-state index in [-0.39, 0.29) is 0 Å². The lowest BCUT2D eigenvalue weighted by atomic mass is 9.89. The zero-order valence-corrected chi connectivity index (χ0v) is 7.98. The fraction of sp³-hybridized carbons (Fsp3) is 1.00. The first-order valence-corrected chi connectivity index (χ1v) is 4.55. The van der Waals surface area contributed by atoms with Crippen molar-refractivity contribution in [3.8, 4) is 0 Å². The van der Waals surface area contributed by atoms with Crippen molar-refractivity contribution in [1.29, 1.82) is 0 Å². The van der Waals surface area contributed by atoms with Crippen LogP contribution in [0.25, 0.3) is 0 Å². The van der Waals surface area contributed by atoms with E-state index in [2.05, 4.69) is 24.2 Å². The molecule has 0 aromatic heterocycles. The van der Waals surface area contributed by atoms with Crippen molar-refractivity contribution in [2.45, 2.75) is 31.7 Å². The van der Waals surface area contributed by atoms with E-state index in [9.17, 15) is 0 Å². The van der Waals surface area contributed by atoms with E-state index in [4.69, 9.17) is 0 Å². The van der Waals surface area contributed by atoms with E-state index in [1.165, 1.54) is 25.8 Å². The zero-order chi connectivity index (χ0) is 8.32. The molecular formula is C9H20N2. The third-order valence-corrected chi connectivity index (χ3v) is 2.94. The molecule has 1 saturated heterocycles. The average Bonchev–Trinajstić information content (AvgIpc) is 1.96. The first-order valence-electron chi connectivity index (χ1n) is 4.55. The molecule has 0 amide bonds. The topological polar surface area (TPSA) is 15.3 Å². The minimum Gasteiger partial charge on any atom is -0.318 e. The van der Waals surface area contributed by atoms with E-state index in [0.29, 0.717) is 5.54 Å². The van der Waals surface area contributed by atoms with Gasteiger partial charge in [-0.1, -0.05) is 6.42 Å². The van der Waals surface area contributed by atoms with Gasteiger partial charge in [0.15, 0.2) is 0 Å². The molecule has 1 N–H and O–H groups in total. The van der Waals surface area contributed by atoms with E-state index < -0.39 is 0 Å². The maximum atomic E-state index is 3.27. The molecule has 1 rings (SSSR count). The van der Waals surface area contributed by atoms with Gasteiger partial charge in [0.05, 0.1) is 0 Å². The Labute approximate surface area is 70.0 Å². The second-order valence-corrected chi connectivity index (χ2v) is 3.91. The number of rotatable bonds is 2. The molecule has 0 spiro atoms. The number of hydrogen-bond acceptors (Lipinski definition) is 2. The second-order valence-electron chi connectivity index (χ2n) is 3.91. The van der Waals surface area contributed by atoms with Gasteiger partial charge < -0.3 is 5.32 Å². The van der Waals surface area contributed by atoms with Crippen LogP contribution in [0.5, 0.6) is 0 Å². The summed E-state index contributed by atoms with van der Waals surface area (Å²) < 4.78 is 0. The lowest BCUT2D eigenvalue weighted by Gasteiger charge is -2.42. The van der Waals surface area contributed by atoms with Crippen LogP contribution in [0.3, 0.4) is 0 Å². The first kappa shape index (κ1) is 9.01. The van der Waals surface area contributed by atoms with Crippen molar-refractivity contribution in [2.75, 3.05) is 27.2 Å². The summed E-state index contributed by atoms with van der Waals surface area (Å²) in [7, 11) is 4.27. The van der Waals surface area contributed by atoms with Gasteiger partial charge in [-0.2, -0.15) is 0 Å². The summed E-state index contributed by atoms with van der Waals surface area (Å²) in [6.07, 6.45) is 4.10. The lowest BCUT2D eigenvalue weighted by Crippen LogP contribution is -2.52. The van der Waals surface area contributed by atoms with Crippen molar-refractivity contribution in [1.82, 2.24) is 10.2 Å². The van der Waals surface area contributed by atoms with Crippen LogP contribution in [0.4, 0.5) is 0 Å². The predicted molar refractivity (Wildman–Crippen MR) is 48.8 cm³/mol. The van der Waals surface area contributed by atoms with E-state index in [1.807, 2.05) is 7.05 Å². The molecule has 1 heterocycles. The van der Waals surface area contributed by atoms with Crippen LogP contribution < -0.4 is 5.32 Å². The molecule has 0 bridgehead atoms. The Morgan fingerprint density at radius 3 is 2.73 bits per heavy atom. The standard InChI is InChI=1S/C9H20N2/c1-9(8-10-2)6-4-5-7-11(9)3/h10H,4-8H2,1-3H3. The van der Waals surface area contributed by atoms with E-state index in [0.717, 1.165) is 6.54 Å². The van der Waals surface area contributed by atoms with Crippen molar-refractivity contribution in [3.63, 3.8) is 0 Å². The van der Waals surface area contributed by atoms with Gasteiger partial charge in [-0.05, 0) is 40.4 Å². The Morgan fingerprint density at radius 2 is 2.18 bits per heavy atom. The molecule has 11 heavy (non-hydrogen) atoms. The SMILES string of the molecule is CNCC1(C)CCCCN1C. The van der Waals surface area contributed by atoms with Gasteiger partial charge in [-0.3, -0.25) is 4.90 Å². The third-order valence-electron chi connectivity index (χ3n) is 2.94. The highest BCUT2D eigenvalue weighted by molar-refractivity contribution is 4.89. The Bertz CT molecular complexity index is 121. The number of piperidine rings is 1. The van der Waals surface area contributed by atoms with Gasteiger partial charge in [0.2, 0.25) is 0 Å². The summed E-state index contributed by atoms with van der Waals surface area (Å²) in [6.45, 7) is 4.73. The van der Waals surface area contributed by atoms with Crippen LogP contribution in [0.1, 0.15) is 26.2 Å². The van der Waals surface area contributed by atoms with Gasteiger partial charge in [-0.25, -0.2) is 0 Å². The fourth-order valence-corrected chi connectivity index (χ4v) is 1.92. The Hall–Kier alpha value is -0.0800. The molecule has 0 aliphatic carbocycles. The largest absolute Gasteiger partial charge is 0.318 e. The van der Waals surface area contributed by atoms with Crippen molar-refractivity contribution < 1.29 is 0 Å². The number of nitrogens with one attached hydrogen (secondary N) is 1. The monoisotopic (exact) mass is 156 g/mol. The van der Waals surface area contributed by atoms with Crippen LogP contribution in [-0.4, -0.2) is 37.6 Å². The maximum absolute atomic E-state index is 3.27. The lowest BCUT2D eigenvalue weighted by molar-refractivity contribution is 0.0910. The average molecular weight is 156 g/mol. The van der Waals surface area contributed by atoms with Crippen LogP contribution >= 0.6 is 0 Å². The molecule has 1 fully saturated rings. The number of likely N-dealkylation sites (tertiary alicyclic amines) is 1. The molecule has 0 saturated carbocycles. The van der Waals surface area contributed by atoms with Crippen LogP contribution in [0, 0.1) is 0 Å². The normalized spacial score (nSPS) is 34.1. The predicted octanol–water partition coefficient (Wildman–Crippen LogP) is 1.08. The van der Waals surface area contributed by atoms with E-state index >= 15 is 0 Å². The molecule has 0 aromatic carbocycles. The molecule has 1 atom stereocenters. The van der Waals surface area contributed by atoms with Crippen LogP contribution in [0.15, 0.2) is 0 Å². The Morgan fingerprint density at radius 1 is 1.45 bits per heavy atom. The van der Waals surface area contributed by atoms with Gasteiger partial charge in [-0.15, -0.1) is 0 Å². The number of likely N-dealkylation sites (N-methyl/N-ethyl adjacent to an activating group) is 2. The van der Waals surface area contributed by atoms with Gasteiger partial charge in [0.1, 0.15) is 0 Å². The molecule has 0 radical (unpaired) electrons. The molecule has 1 unspecified atom stereocenters. The van der Waals surface area contributed by atoms with Gasteiger partial charge in [0, 0.05) is 12.1 Å². The quantitative estimate of drug-likeness (QED) is 0.643. The number of nitrogens with zero attached hydrogens (tertiary/aromatic N) is 1. The van der Waals surface area contributed by atoms with E-state index in [1.54, 1.807) is 0 Å². The molecule has 1 aliphatic heterocycles. The molecule has 2 heteroatoms. The van der Waals surface area contributed by atoms with Crippen molar-refractivity contribution >= 4 is 0 Å². The van der Waals surface area contributed by atoms with Crippen LogP contribution in [0.2, 0.25) is 0 Å². The summed E-state index contributed by atoms with van der Waals surface area (Å²) in [5.74, 6) is 0. The Kier molecular flexibility index (Phi) is 2.90. The maximum Gasteiger partial charge on any atom is 0.0302 e. The highest BCUT2D eigenvalue weighted by Crippen LogP contribution is 2.25. The number of hydrogen-bond donors (Lipinski definition) is 1. The van der Waals surface area contributed by atoms with Gasteiger partial charge in [0.25, 0.3) is 0 Å². The minimum absolute atomic E-state index is 0.410. The molecule has 0 aromatic rings. The molecular weight excluding hydrogens is 136 g/mol. The zero-order valence-electron chi connectivity index (χ0n) is 7.98. The molecule has 2 nitrogen and oxygen atoms in total. The summed E-state index contributed by atoms with van der Waals surface area (Å²) in [5, 5.41) is 3.27. The molecule has 1 aliphatic rings. The third kappa shape index (κ3) is 1.94. The van der Waals surface area contributed by atoms with Crippen LogP contribution in [-0.2, 0) is 0 Å². The van der Waals surface area contributed by atoms with Crippen molar-refractivity contribution in [2.24, 2.45) is 0 Å². The summed E-state index contributed by atoms with van der Waals surface area (Å²) >= 11 is 0. The fourth-order valence-electron chi connectivity index (χ4n) is 1.92. The summed E-state index contributed by atoms with van der Waals surface area (Å²) in [4.78, 5) is 2.48. The Balaban J connectivity index is 2.49. The summed E-state index contributed by atoms with van der Waals surface area (Å²) in [6, 6.07) is 0. The van der Waals surface area contributed by atoms with Crippen molar-refractivity contribution in [3.05, 3.63) is 0 Å².